The van der Waals surface area contributed by atoms with E-state index in [0.29, 0.717) is 13.2 Å². The first-order valence-electron chi connectivity index (χ1n) is 6.25. The summed E-state index contributed by atoms with van der Waals surface area (Å²) < 4.78 is 31.3. The third-order valence-corrected chi connectivity index (χ3v) is 5.18. The number of aliphatic carboxylic acids is 1. The average Bonchev–Trinajstić information content (AvgIpc) is 2.82. The van der Waals surface area contributed by atoms with Crippen molar-refractivity contribution in [1.29, 1.82) is 0 Å². The molecule has 6 nitrogen and oxygen atoms in total. The number of hydrogen-bond donors (Lipinski definition) is 1. The van der Waals surface area contributed by atoms with E-state index < -0.39 is 28.6 Å². The second-order valence-electron chi connectivity index (χ2n) is 4.96. The van der Waals surface area contributed by atoms with Gasteiger partial charge in [-0.25, -0.2) is 8.42 Å². The van der Waals surface area contributed by atoms with Crippen LogP contribution in [0.25, 0.3) is 0 Å². The number of carbonyl (C=O) groups is 1. The summed E-state index contributed by atoms with van der Waals surface area (Å²) in [5.74, 6) is -1.17. The van der Waals surface area contributed by atoms with Crippen LogP contribution in [0.4, 0.5) is 0 Å². The molecular formula is C13H17NO5S. The summed E-state index contributed by atoms with van der Waals surface area (Å²) in [6.45, 7) is 3.62. The molecule has 0 aromatic heterocycles. The molecule has 0 fully saturated rings. The Bertz CT molecular complexity index is 624. The molecule has 2 rings (SSSR count). The van der Waals surface area contributed by atoms with Crippen molar-refractivity contribution in [3.05, 3.63) is 29.3 Å². The molecule has 0 saturated carbocycles. The van der Waals surface area contributed by atoms with Crippen molar-refractivity contribution in [2.24, 2.45) is 0 Å². The maximum Gasteiger partial charge on any atom is 0.318 e. The third kappa shape index (κ3) is 2.84. The van der Waals surface area contributed by atoms with E-state index in [1.165, 1.54) is 6.07 Å². The average molecular weight is 299 g/mol. The Morgan fingerprint density at radius 2 is 2.00 bits per heavy atom. The summed E-state index contributed by atoms with van der Waals surface area (Å²) in [6, 6.07) is 4.35. The van der Waals surface area contributed by atoms with Crippen LogP contribution in [0, 0.1) is 0 Å². The number of sulfonamides is 1. The van der Waals surface area contributed by atoms with Crippen LogP contribution in [0.5, 0.6) is 0 Å². The van der Waals surface area contributed by atoms with Gasteiger partial charge in [-0.15, -0.1) is 0 Å². The van der Waals surface area contributed by atoms with E-state index in [4.69, 9.17) is 9.84 Å². The summed E-state index contributed by atoms with van der Waals surface area (Å²) in [7, 11) is -3.82. The van der Waals surface area contributed by atoms with Gasteiger partial charge in [-0.3, -0.25) is 4.79 Å². The van der Waals surface area contributed by atoms with Crippen molar-refractivity contribution in [3.8, 4) is 0 Å². The molecule has 0 saturated heterocycles. The highest BCUT2D eigenvalue weighted by atomic mass is 32.2. The predicted octanol–water partition coefficient (Wildman–Crippen LogP) is 1.20. The summed E-state index contributed by atoms with van der Waals surface area (Å²) in [4.78, 5) is 11.0. The van der Waals surface area contributed by atoms with Gasteiger partial charge in [-0.05, 0) is 37.1 Å². The van der Waals surface area contributed by atoms with Crippen LogP contribution < -0.4 is 0 Å². The van der Waals surface area contributed by atoms with E-state index in [1.807, 2.05) is 0 Å². The minimum atomic E-state index is -3.82. The van der Waals surface area contributed by atoms with Crippen molar-refractivity contribution in [3.63, 3.8) is 0 Å². The summed E-state index contributed by atoms with van der Waals surface area (Å²) in [6.07, 6.45) is 0. The van der Waals surface area contributed by atoms with Crippen LogP contribution in [-0.4, -0.2) is 36.4 Å². The van der Waals surface area contributed by atoms with Gasteiger partial charge in [0.05, 0.1) is 18.1 Å². The fourth-order valence-corrected chi connectivity index (χ4v) is 3.76. The quantitative estimate of drug-likeness (QED) is 0.883. The molecule has 110 valence electrons. The Balaban J connectivity index is 2.40. The lowest BCUT2D eigenvalue weighted by Crippen LogP contribution is -2.40. The first-order chi connectivity index (χ1) is 9.32. The number of rotatable bonds is 5. The first kappa shape index (κ1) is 15.0. The fraction of sp³-hybridized carbons (Fsp3) is 0.462. The fourth-order valence-electron chi connectivity index (χ4n) is 2.12. The number of benzene rings is 1. The van der Waals surface area contributed by atoms with Crippen molar-refractivity contribution in [1.82, 2.24) is 4.31 Å². The van der Waals surface area contributed by atoms with Gasteiger partial charge >= 0.3 is 5.97 Å². The zero-order valence-corrected chi connectivity index (χ0v) is 12.2. The van der Waals surface area contributed by atoms with Gasteiger partial charge in [0.25, 0.3) is 0 Å². The smallest absolute Gasteiger partial charge is 0.318 e. The van der Waals surface area contributed by atoms with Gasteiger partial charge in [0.1, 0.15) is 6.54 Å². The Morgan fingerprint density at radius 3 is 2.60 bits per heavy atom. The number of carboxylic acid groups (broad SMARTS) is 1. The second-order valence-corrected chi connectivity index (χ2v) is 6.85. The molecule has 1 aromatic rings. The predicted molar refractivity (Wildman–Crippen MR) is 71.6 cm³/mol. The molecule has 1 N–H and O–H groups in total. The Kier molecular flexibility index (Phi) is 4.12. The molecule has 1 aromatic carbocycles. The largest absolute Gasteiger partial charge is 0.480 e. The minimum Gasteiger partial charge on any atom is -0.480 e. The van der Waals surface area contributed by atoms with Crippen LogP contribution in [0.1, 0.15) is 25.0 Å². The zero-order chi connectivity index (χ0) is 14.9. The summed E-state index contributed by atoms with van der Waals surface area (Å²) in [5.41, 5.74) is 1.81. The maximum atomic E-state index is 12.5. The van der Waals surface area contributed by atoms with Gasteiger partial charge < -0.3 is 9.84 Å². The molecule has 0 amide bonds. The van der Waals surface area contributed by atoms with Crippen LogP contribution in [0.2, 0.25) is 0 Å². The van der Waals surface area contributed by atoms with Crippen LogP contribution in [-0.2, 0) is 32.8 Å². The summed E-state index contributed by atoms with van der Waals surface area (Å²) in [5, 5.41) is 8.87. The van der Waals surface area contributed by atoms with E-state index in [-0.39, 0.29) is 4.90 Å². The minimum absolute atomic E-state index is 0.108. The van der Waals surface area contributed by atoms with Crippen molar-refractivity contribution in [2.75, 3.05) is 6.54 Å². The molecule has 0 unspecified atom stereocenters. The molecule has 0 spiro atoms. The number of carboxylic acids is 1. The van der Waals surface area contributed by atoms with E-state index in [0.717, 1.165) is 15.4 Å². The first-order valence-corrected chi connectivity index (χ1v) is 7.69. The van der Waals surface area contributed by atoms with Crippen molar-refractivity contribution in [2.45, 2.75) is 38.0 Å². The highest BCUT2D eigenvalue weighted by Crippen LogP contribution is 2.25. The SMILES string of the molecule is CC(C)N(CC(=O)O)S(=O)(=O)c1ccc2c(c1)COC2. The molecule has 1 aliphatic heterocycles. The lowest BCUT2D eigenvalue weighted by atomic mass is 10.1. The highest BCUT2D eigenvalue weighted by Gasteiger charge is 2.29. The lowest BCUT2D eigenvalue weighted by Gasteiger charge is -2.24. The van der Waals surface area contributed by atoms with E-state index >= 15 is 0 Å². The van der Waals surface area contributed by atoms with Gasteiger partial charge in [0.15, 0.2) is 0 Å². The van der Waals surface area contributed by atoms with Crippen LogP contribution in [0.15, 0.2) is 23.1 Å². The van der Waals surface area contributed by atoms with E-state index in [2.05, 4.69) is 0 Å². The molecule has 1 heterocycles. The van der Waals surface area contributed by atoms with Gasteiger partial charge in [0, 0.05) is 6.04 Å². The molecule has 0 bridgehead atoms. The van der Waals surface area contributed by atoms with E-state index in [1.54, 1.807) is 26.0 Å². The molecule has 0 radical (unpaired) electrons. The van der Waals surface area contributed by atoms with E-state index in [9.17, 15) is 13.2 Å². The topological polar surface area (TPSA) is 83.9 Å². The Morgan fingerprint density at radius 1 is 1.35 bits per heavy atom. The molecule has 0 aliphatic carbocycles. The normalized spacial score (nSPS) is 14.8. The monoisotopic (exact) mass is 299 g/mol. The molecule has 20 heavy (non-hydrogen) atoms. The lowest BCUT2D eigenvalue weighted by molar-refractivity contribution is -0.137. The molecule has 0 atom stereocenters. The maximum absolute atomic E-state index is 12.5. The van der Waals surface area contributed by atoms with Gasteiger partial charge in [-0.1, -0.05) is 6.07 Å². The van der Waals surface area contributed by atoms with Gasteiger partial charge in [0.2, 0.25) is 10.0 Å². The van der Waals surface area contributed by atoms with Crippen molar-refractivity contribution >= 4 is 16.0 Å². The molecule has 7 heteroatoms. The number of fused-ring (bicyclic) bond motifs is 1. The van der Waals surface area contributed by atoms with Crippen LogP contribution in [0.3, 0.4) is 0 Å². The number of nitrogens with zero attached hydrogens (tertiary/aromatic N) is 1. The summed E-state index contributed by atoms with van der Waals surface area (Å²) >= 11 is 0. The Labute approximate surface area is 118 Å². The standard InChI is InChI=1S/C13H17NO5S/c1-9(2)14(6-13(15)16)20(17,18)12-4-3-10-7-19-8-11(10)5-12/h3-5,9H,6-8H2,1-2H3,(H,15,16). The second kappa shape index (κ2) is 5.51. The highest BCUT2D eigenvalue weighted by molar-refractivity contribution is 7.89. The van der Waals surface area contributed by atoms with Crippen molar-refractivity contribution < 1.29 is 23.1 Å². The van der Waals surface area contributed by atoms with Gasteiger partial charge in [-0.2, -0.15) is 4.31 Å². The Hall–Kier alpha value is -1.44. The number of ether oxygens (including phenoxy) is 1. The molecule has 1 aliphatic rings. The van der Waals surface area contributed by atoms with Crippen LogP contribution >= 0.6 is 0 Å². The molecular weight excluding hydrogens is 282 g/mol. The zero-order valence-electron chi connectivity index (χ0n) is 11.4. The third-order valence-electron chi connectivity index (χ3n) is 3.17. The number of hydrogen-bond acceptors (Lipinski definition) is 4.